The Morgan fingerprint density at radius 2 is 1.97 bits per heavy atom. The Kier molecular flexibility index (Phi) is 5.90. The Morgan fingerprint density at radius 1 is 1.18 bits per heavy atom. The van der Waals surface area contributed by atoms with Gasteiger partial charge in [-0.25, -0.2) is 4.98 Å². The lowest BCUT2D eigenvalue weighted by atomic mass is 9.97. The Hall–Kier alpha value is -3.18. The summed E-state index contributed by atoms with van der Waals surface area (Å²) in [5, 5.41) is 21.9. The third-order valence-electron chi connectivity index (χ3n) is 6.97. The van der Waals surface area contributed by atoms with Crippen LogP contribution in [0.4, 0.5) is 17.5 Å². The van der Waals surface area contributed by atoms with Gasteiger partial charge in [-0.2, -0.15) is 10.4 Å². The number of fused-ring (bicyclic) bond motifs is 3. The summed E-state index contributed by atoms with van der Waals surface area (Å²) in [6.45, 7) is 7.22. The van der Waals surface area contributed by atoms with Crippen molar-refractivity contribution in [3.05, 3.63) is 36.2 Å². The number of nitrogens with one attached hydrogen (secondary N) is 2. The number of nitriles is 1. The third kappa shape index (κ3) is 4.38. The summed E-state index contributed by atoms with van der Waals surface area (Å²) in [6, 6.07) is 12.2. The van der Waals surface area contributed by atoms with Crippen LogP contribution in [0.3, 0.4) is 0 Å². The standard InChI is InChI=1S/C25H32N8/c1-16(2)33-17(3)12-24(31-33)29-23-15-22-21(6-4-10-27-22)25(30-23)28-18-13-19-7-8-20(14-18)32(19)11-5-9-26/h4,6,10,12,15-16,18-20H,5,7-8,11,13-14H2,1-3H3,(H2,28,29,30,31)/t18?,19-,20+. The molecule has 0 radical (unpaired) electrons. The SMILES string of the molecule is Cc1cc(Nc2cc3ncccc3c(NC3C[C@H]4CC[C@@H](C3)N4CCC#N)n2)nn1C(C)C. The molecule has 0 spiro atoms. The maximum absolute atomic E-state index is 9.00. The lowest BCUT2D eigenvalue weighted by molar-refractivity contribution is 0.136. The summed E-state index contributed by atoms with van der Waals surface area (Å²) in [6.07, 6.45) is 7.05. The zero-order valence-corrected chi connectivity index (χ0v) is 19.6. The van der Waals surface area contributed by atoms with E-state index in [1.807, 2.05) is 29.1 Å². The van der Waals surface area contributed by atoms with Gasteiger partial charge >= 0.3 is 0 Å². The van der Waals surface area contributed by atoms with Gasteiger partial charge in [0, 0.05) is 66.5 Å². The zero-order chi connectivity index (χ0) is 22.9. The van der Waals surface area contributed by atoms with Crippen molar-refractivity contribution in [2.24, 2.45) is 0 Å². The normalized spacial score (nSPS) is 22.6. The van der Waals surface area contributed by atoms with E-state index in [1.54, 1.807) is 0 Å². The van der Waals surface area contributed by atoms with Crippen LogP contribution in [0, 0.1) is 18.3 Å². The molecule has 8 nitrogen and oxygen atoms in total. The van der Waals surface area contributed by atoms with Gasteiger partial charge in [0.2, 0.25) is 0 Å². The van der Waals surface area contributed by atoms with E-state index in [1.165, 1.54) is 12.8 Å². The van der Waals surface area contributed by atoms with E-state index < -0.39 is 0 Å². The summed E-state index contributed by atoms with van der Waals surface area (Å²) in [7, 11) is 0. The third-order valence-corrected chi connectivity index (χ3v) is 6.97. The second-order valence-electron chi connectivity index (χ2n) is 9.60. The minimum atomic E-state index is 0.304. The van der Waals surface area contributed by atoms with E-state index in [4.69, 9.17) is 10.2 Å². The first kappa shape index (κ1) is 21.7. The van der Waals surface area contributed by atoms with Crippen LogP contribution in [-0.4, -0.2) is 49.3 Å². The minimum absolute atomic E-state index is 0.304. The minimum Gasteiger partial charge on any atom is -0.367 e. The van der Waals surface area contributed by atoms with Gasteiger partial charge in [0.25, 0.3) is 0 Å². The number of hydrogen-bond donors (Lipinski definition) is 2. The molecule has 2 fully saturated rings. The van der Waals surface area contributed by atoms with Gasteiger partial charge < -0.3 is 10.6 Å². The molecule has 0 saturated carbocycles. The molecule has 33 heavy (non-hydrogen) atoms. The van der Waals surface area contributed by atoms with Gasteiger partial charge in [0.05, 0.1) is 11.6 Å². The van der Waals surface area contributed by atoms with E-state index in [-0.39, 0.29) is 0 Å². The fourth-order valence-corrected chi connectivity index (χ4v) is 5.58. The number of rotatable bonds is 7. The Morgan fingerprint density at radius 3 is 2.67 bits per heavy atom. The number of hydrogen-bond acceptors (Lipinski definition) is 7. The van der Waals surface area contributed by atoms with E-state index in [9.17, 15) is 0 Å². The second kappa shape index (κ2) is 8.99. The van der Waals surface area contributed by atoms with Crippen molar-refractivity contribution < 1.29 is 0 Å². The van der Waals surface area contributed by atoms with Crippen molar-refractivity contribution >= 4 is 28.4 Å². The van der Waals surface area contributed by atoms with Gasteiger partial charge in [0.1, 0.15) is 11.6 Å². The van der Waals surface area contributed by atoms with Crippen LogP contribution in [-0.2, 0) is 0 Å². The zero-order valence-electron chi connectivity index (χ0n) is 19.6. The highest BCUT2D eigenvalue weighted by atomic mass is 15.3. The van der Waals surface area contributed by atoms with E-state index in [0.717, 1.165) is 53.4 Å². The Bertz CT molecular complexity index is 1160. The molecule has 0 aliphatic carbocycles. The van der Waals surface area contributed by atoms with Gasteiger partial charge in [-0.3, -0.25) is 14.6 Å². The Labute approximate surface area is 195 Å². The van der Waals surface area contributed by atoms with Crippen molar-refractivity contribution in [1.82, 2.24) is 24.6 Å². The molecule has 0 aromatic carbocycles. The van der Waals surface area contributed by atoms with Crippen molar-refractivity contribution in [1.29, 1.82) is 5.26 Å². The molecule has 2 N–H and O–H groups in total. The van der Waals surface area contributed by atoms with Crippen molar-refractivity contribution in [3.8, 4) is 6.07 Å². The number of piperidine rings is 1. The molecule has 3 atom stereocenters. The monoisotopic (exact) mass is 444 g/mol. The molecule has 5 rings (SSSR count). The molecule has 8 heteroatoms. The summed E-state index contributed by atoms with van der Waals surface area (Å²) < 4.78 is 2.01. The van der Waals surface area contributed by atoms with Crippen LogP contribution in [0.2, 0.25) is 0 Å². The molecule has 3 aromatic rings. The molecule has 2 saturated heterocycles. The van der Waals surface area contributed by atoms with Gasteiger partial charge in [-0.1, -0.05) is 0 Å². The molecule has 172 valence electrons. The quantitative estimate of drug-likeness (QED) is 0.541. The van der Waals surface area contributed by atoms with Crippen LogP contribution in [0.25, 0.3) is 10.9 Å². The molecule has 2 aliphatic heterocycles. The van der Waals surface area contributed by atoms with E-state index in [0.29, 0.717) is 30.6 Å². The number of pyridine rings is 2. The lowest BCUT2D eigenvalue weighted by Crippen LogP contribution is -2.47. The molecule has 2 bridgehead atoms. The second-order valence-corrected chi connectivity index (χ2v) is 9.60. The van der Waals surface area contributed by atoms with Crippen LogP contribution in [0.15, 0.2) is 30.5 Å². The number of aryl methyl sites for hydroxylation is 1. The Balaban J connectivity index is 1.38. The van der Waals surface area contributed by atoms with Crippen LogP contribution in [0.5, 0.6) is 0 Å². The van der Waals surface area contributed by atoms with Crippen LogP contribution < -0.4 is 10.6 Å². The molecular formula is C25H32N8. The predicted molar refractivity (Wildman–Crippen MR) is 131 cm³/mol. The molecule has 3 aromatic heterocycles. The molecule has 5 heterocycles. The van der Waals surface area contributed by atoms with E-state index >= 15 is 0 Å². The smallest absolute Gasteiger partial charge is 0.153 e. The van der Waals surface area contributed by atoms with Crippen LogP contribution in [0.1, 0.15) is 57.7 Å². The average Bonchev–Trinajstić information content (AvgIpc) is 3.27. The van der Waals surface area contributed by atoms with E-state index in [2.05, 4.69) is 58.5 Å². The van der Waals surface area contributed by atoms with Crippen molar-refractivity contribution in [3.63, 3.8) is 0 Å². The summed E-state index contributed by atoms with van der Waals surface area (Å²) >= 11 is 0. The summed E-state index contributed by atoms with van der Waals surface area (Å²) in [5.74, 6) is 2.41. The van der Waals surface area contributed by atoms with Crippen molar-refractivity contribution in [2.45, 2.75) is 77.0 Å². The lowest BCUT2D eigenvalue weighted by Gasteiger charge is -2.39. The highest BCUT2D eigenvalue weighted by Gasteiger charge is 2.40. The summed E-state index contributed by atoms with van der Waals surface area (Å²) in [4.78, 5) is 12.1. The highest BCUT2D eigenvalue weighted by molar-refractivity contribution is 5.91. The van der Waals surface area contributed by atoms with Crippen molar-refractivity contribution in [2.75, 3.05) is 17.2 Å². The largest absolute Gasteiger partial charge is 0.367 e. The predicted octanol–water partition coefficient (Wildman–Crippen LogP) is 4.78. The molecule has 2 aliphatic rings. The fourth-order valence-electron chi connectivity index (χ4n) is 5.58. The number of aromatic nitrogens is 4. The number of anilines is 3. The molecular weight excluding hydrogens is 412 g/mol. The van der Waals surface area contributed by atoms with Crippen LogP contribution >= 0.6 is 0 Å². The first-order valence-corrected chi connectivity index (χ1v) is 12.0. The van der Waals surface area contributed by atoms with Gasteiger partial charge in [-0.05, 0) is 58.6 Å². The average molecular weight is 445 g/mol. The number of nitrogens with zero attached hydrogens (tertiary/aromatic N) is 6. The van der Waals surface area contributed by atoms with Gasteiger partial charge in [0.15, 0.2) is 5.82 Å². The fraction of sp³-hybridized carbons (Fsp3) is 0.520. The van der Waals surface area contributed by atoms with Gasteiger partial charge in [-0.15, -0.1) is 0 Å². The topological polar surface area (TPSA) is 94.7 Å². The maximum Gasteiger partial charge on any atom is 0.153 e. The first-order valence-electron chi connectivity index (χ1n) is 12.0. The molecule has 0 amide bonds. The first-order chi connectivity index (χ1) is 16.0. The summed E-state index contributed by atoms with van der Waals surface area (Å²) in [5.41, 5.74) is 2.02. The molecule has 1 unspecified atom stereocenters. The highest BCUT2D eigenvalue weighted by Crippen LogP contribution is 2.37. The maximum atomic E-state index is 9.00.